The molecule has 86 valence electrons. The number of rotatable bonds is 2. The van der Waals surface area contributed by atoms with E-state index < -0.39 is 17.8 Å². The zero-order valence-electron chi connectivity index (χ0n) is 8.80. The normalized spacial score (nSPS) is 13.0. The minimum atomic E-state index is -4.44. The van der Waals surface area contributed by atoms with Crippen molar-refractivity contribution in [3.8, 4) is 5.75 Å². The van der Waals surface area contributed by atoms with Crippen LogP contribution < -0.4 is 4.74 Å². The van der Waals surface area contributed by atoms with E-state index in [4.69, 9.17) is 6.57 Å². The van der Waals surface area contributed by atoms with Gasteiger partial charge in [0.05, 0.1) is 12.7 Å². The Morgan fingerprint density at radius 2 is 2.00 bits per heavy atom. The van der Waals surface area contributed by atoms with Gasteiger partial charge in [0.2, 0.25) is 6.04 Å². The zero-order valence-corrected chi connectivity index (χ0v) is 8.80. The van der Waals surface area contributed by atoms with Gasteiger partial charge in [0.15, 0.2) is 0 Å². The highest BCUT2D eigenvalue weighted by Crippen LogP contribution is 2.37. The average molecular weight is 229 g/mol. The minimum Gasteiger partial charge on any atom is -0.496 e. The third-order valence-electron chi connectivity index (χ3n) is 2.21. The summed E-state index contributed by atoms with van der Waals surface area (Å²) in [5, 5.41) is 0. The predicted octanol–water partition coefficient (Wildman–Crippen LogP) is 3.69. The third kappa shape index (κ3) is 2.45. The molecule has 0 bridgehead atoms. The first-order chi connectivity index (χ1) is 7.40. The summed E-state index contributed by atoms with van der Waals surface area (Å²) in [6.45, 7) is 8.43. The Kier molecular flexibility index (Phi) is 3.43. The first-order valence-electron chi connectivity index (χ1n) is 4.52. The van der Waals surface area contributed by atoms with Crippen LogP contribution in [0.5, 0.6) is 5.75 Å². The molecule has 1 unspecified atom stereocenters. The standard InChI is InChI=1S/C11H10F3NO/c1-7(15-2)8-4-5-9(11(12,13)14)10(6-8)16-3/h4-7H,1,3H3. The van der Waals surface area contributed by atoms with Gasteiger partial charge in [-0.1, -0.05) is 6.07 Å². The van der Waals surface area contributed by atoms with Crippen molar-refractivity contribution >= 4 is 0 Å². The van der Waals surface area contributed by atoms with Crippen molar-refractivity contribution in [2.75, 3.05) is 7.11 Å². The van der Waals surface area contributed by atoms with Crippen molar-refractivity contribution < 1.29 is 17.9 Å². The number of methoxy groups -OCH3 is 1. The van der Waals surface area contributed by atoms with Crippen LogP contribution in [0.2, 0.25) is 0 Å². The van der Waals surface area contributed by atoms with Crippen LogP contribution in [0, 0.1) is 6.57 Å². The molecule has 0 N–H and O–H groups in total. The Balaban J connectivity index is 3.23. The second-order valence-corrected chi connectivity index (χ2v) is 3.26. The molecule has 1 atom stereocenters. The van der Waals surface area contributed by atoms with Crippen LogP contribution in [0.3, 0.4) is 0 Å². The lowest BCUT2D eigenvalue weighted by atomic mass is 10.1. The molecule has 0 aromatic heterocycles. The summed E-state index contributed by atoms with van der Waals surface area (Å²) in [6, 6.07) is 3.02. The molecule has 0 aliphatic rings. The van der Waals surface area contributed by atoms with Gasteiger partial charge in [-0.25, -0.2) is 6.57 Å². The molecule has 0 saturated heterocycles. The maximum Gasteiger partial charge on any atom is 0.419 e. The van der Waals surface area contributed by atoms with Gasteiger partial charge in [-0.3, -0.25) is 0 Å². The summed E-state index contributed by atoms with van der Waals surface area (Å²) in [7, 11) is 1.18. The van der Waals surface area contributed by atoms with Gasteiger partial charge in [0.25, 0.3) is 0 Å². The quantitative estimate of drug-likeness (QED) is 0.705. The first kappa shape index (κ1) is 12.4. The van der Waals surface area contributed by atoms with Crippen LogP contribution in [0.1, 0.15) is 24.1 Å². The highest BCUT2D eigenvalue weighted by atomic mass is 19.4. The average Bonchev–Trinajstić information content (AvgIpc) is 2.25. The lowest BCUT2D eigenvalue weighted by Crippen LogP contribution is -2.08. The summed E-state index contributed by atoms with van der Waals surface area (Å²) in [5.41, 5.74) is -0.309. The van der Waals surface area contributed by atoms with E-state index in [1.807, 2.05) is 0 Å². The molecule has 2 nitrogen and oxygen atoms in total. The molecule has 1 aromatic rings. The van der Waals surface area contributed by atoms with E-state index in [2.05, 4.69) is 9.58 Å². The molecule has 1 rings (SSSR count). The third-order valence-corrected chi connectivity index (χ3v) is 2.21. The summed E-state index contributed by atoms with van der Waals surface area (Å²) in [5.74, 6) is -0.250. The molecule has 0 aliphatic heterocycles. The molecular weight excluding hydrogens is 219 g/mol. The lowest BCUT2D eigenvalue weighted by Gasteiger charge is -2.12. The van der Waals surface area contributed by atoms with Crippen molar-refractivity contribution in [2.24, 2.45) is 0 Å². The molecule has 0 aliphatic carbocycles. The number of nitrogens with zero attached hydrogens (tertiary/aromatic N) is 1. The smallest absolute Gasteiger partial charge is 0.419 e. The Morgan fingerprint density at radius 1 is 1.38 bits per heavy atom. The maximum absolute atomic E-state index is 12.5. The van der Waals surface area contributed by atoms with Gasteiger partial charge < -0.3 is 9.58 Å². The van der Waals surface area contributed by atoms with Crippen LogP contribution >= 0.6 is 0 Å². The van der Waals surface area contributed by atoms with Crippen molar-refractivity contribution in [3.63, 3.8) is 0 Å². The van der Waals surface area contributed by atoms with E-state index in [9.17, 15) is 13.2 Å². The molecule has 0 amide bonds. The molecule has 5 heteroatoms. The lowest BCUT2D eigenvalue weighted by molar-refractivity contribution is -0.138. The van der Waals surface area contributed by atoms with Crippen LogP contribution in [0.15, 0.2) is 18.2 Å². The van der Waals surface area contributed by atoms with Gasteiger partial charge in [0, 0.05) is 12.5 Å². The minimum absolute atomic E-state index is 0.250. The maximum atomic E-state index is 12.5. The fraction of sp³-hybridized carbons (Fsp3) is 0.364. The zero-order chi connectivity index (χ0) is 12.3. The van der Waals surface area contributed by atoms with E-state index in [1.165, 1.54) is 19.2 Å². The fourth-order valence-corrected chi connectivity index (χ4v) is 1.28. The second-order valence-electron chi connectivity index (χ2n) is 3.26. The van der Waals surface area contributed by atoms with Gasteiger partial charge in [-0.2, -0.15) is 13.2 Å². The number of benzene rings is 1. The fourth-order valence-electron chi connectivity index (χ4n) is 1.28. The highest BCUT2D eigenvalue weighted by molar-refractivity contribution is 5.41. The molecule has 0 spiro atoms. The molecule has 0 heterocycles. The highest BCUT2D eigenvalue weighted by Gasteiger charge is 2.34. The molecule has 1 aromatic carbocycles. The Morgan fingerprint density at radius 3 is 2.44 bits per heavy atom. The largest absolute Gasteiger partial charge is 0.496 e. The molecule has 0 fully saturated rings. The number of hydrogen-bond donors (Lipinski definition) is 0. The van der Waals surface area contributed by atoms with Crippen molar-refractivity contribution in [1.82, 2.24) is 0 Å². The number of hydrogen-bond acceptors (Lipinski definition) is 1. The summed E-state index contributed by atoms with van der Waals surface area (Å²) < 4.78 is 42.2. The van der Waals surface area contributed by atoms with Gasteiger partial charge >= 0.3 is 6.18 Å². The van der Waals surface area contributed by atoms with Crippen LogP contribution in [0.4, 0.5) is 13.2 Å². The molecule has 0 saturated carbocycles. The molecular formula is C11H10F3NO. The van der Waals surface area contributed by atoms with Crippen LogP contribution in [-0.4, -0.2) is 7.11 Å². The van der Waals surface area contributed by atoms with Crippen LogP contribution in [-0.2, 0) is 6.18 Å². The van der Waals surface area contributed by atoms with Crippen molar-refractivity contribution in [2.45, 2.75) is 19.1 Å². The SMILES string of the molecule is [C-]#[N+]C(C)c1ccc(C(F)(F)F)c(OC)c1. The predicted molar refractivity (Wildman–Crippen MR) is 53.0 cm³/mol. The Bertz CT molecular complexity index is 420. The van der Waals surface area contributed by atoms with Crippen LogP contribution in [0.25, 0.3) is 4.85 Å². The van der Waals surface area contributed by atoms with E-state index in [1.54, 1.807) is 6.92 Å². The summed E-state index contributed by atoms with van der Waals surface area (Å²) in [4.78, 5) is 3.24. The van der Waals surface area contributed by atoms with E-state index in [-0.39, 0.29) is 5.75 Å². The summed E-state index contributed by atoms with van der Waals surface area (Å²) in [6.07, 6.45) is -4.44. The Labute approximate surface area is 91.5 Å². The first-order valence-corrected chi connectivity index (χ1v) is 4.52. The topological polar surface area (TPSA) is 13.6 Å². The van der Waals surface area contributed by atoms with Gasteiger partial charge in [-0.15, -0.1) is 0 Å². The number of ether oxygens (including phenoxy) is 1. The van der Waals surface area contributed by atoms with Crippen molar-refractivity contribution in [3.05, 3.63) is 40.7 Å². The van der Waals surface area contributed by atoms with E-state index >= 15 is 0 Å². The number of halogens is 3. The van der Waals surface area contributed by atoms with Crippen molar-refractivity contribution in [1.29, 1.82) is 0 Å². The van der Waals surface area contributed by atoms with Gasteiger partial charge in [0.1, 0.15) is 5.75 Å². The monoisotopic (exact) mass is 229 g/mol. The molecule has 0 radical (unpaired) electrons. The van der Waals surface area contributed by atoms with E-state index in [0.29, 0.717) is 5.56 Å². The molecule has 16 heavy (non-hydrogen) atoms. The summed E-state index contributed by atoms with van der Waals surface area (Å²) >= 11 is 0. The number of alkyl halides is 3. The van der Waals surface area contributed by atoms with Gasteiger partial charge in [-0.05, 0) is 12.1 Å². The Hall–Kier alpha value is -1.70. The second kappa shape index (κ2) is 4.44. The van der Waals surface area contributed by atoms with E-state index in [0.717, 1.165) is 6.07 Å².